The number of cyclic esters (lactones) is 1. The van der Waals surface area contributed by atoms with Gasteiger partial charge in [0, 0.05) is 0 Å². The highest BCUT2D eigenvalue weighted by Crippen LogP contribution is 2.32. The second-order valence-electron chi connectivity index (χ2n) is 5.38. The van der Waals surface area contributed by atoms with Gasteiger partial charge in [-0.2, -0.15) is 0 Å². The molecule has 0 bridgehead atoms. The largest absolute Gasteiger partial charge is 0.467 e. The molecule has 1 aromatic heterocycles. The minimum Gasteiger partial charge on any atom is -0.467 e. The van der Waals surface area contributed by atoms with E-state index in [4.69, 9.17) is 9.15 Å². The number of amides is 1. The molecular formula is C18H19NO3. The van der Waals surface area contributed by atoms with Crippen LogP contribution in [0.1, 0.15) is 23.8 Å². The summed E-state index contributed by atoms with van der Waals surface area (Å²) in [5.41, 5.74) is 1.19. The van der Waals surface area contributed by atoms with Gasteiger partial charge in [-0.3, -0.25) is 4.90 Å². The van der Waals surface area contributed by atoms with E-state index in [1.807, 2.05) is 30.3 Å². The fourth-order valence-corrected chi connectivity index (χ4v) is 2.90. The molecule has 1 saturated heterocycles. The summed E-state index contributed by atoms with van der Waals surface area (Å²) in [6, 6.07) is 13.7. The van der Waals surface area contributed by atoms with E-state index in [-0.39, 0.29) is 18.2 Å². The summed E-state index contributed by atoms with van der Waals surface area (Å²) in [5.74, 6) is 0.761. The van der Waals surface area contributed by atoms with Crippen LogP contribution in [0.3, 0.4) is 0 Å². The van der Waals surface area contributed by atoms with Crippen LogP contribution >= 0.6 is 0 Å². The lowest BCUT2D eigenvalue weighted by molar-refractivity contribution is 0.138. The van der Waals surface area contributed by atoms with Crippen molar-refractivity contribution in [2.24, 2.45) is 0 Å². The molecule has 22 heavy (non-hydrogen) atoms. The highest BCUT2D eigenvalue weighted by molar-refractivity contribution is 5.71. The molecule has 0 unspecified atom stereocenters. The highest BCUT2D eigenvalue weighted by atomic mass is 16.6. The lowest BCUT2D eigenvalue weighted by atomic mass is 10.0. The maximum atomic E-state index is 12.2. The van der Waals surface area contributed by atoms with Crippen molar-refractivity contribution in [1.82, 2.24) is 4.90 Å². The fourth-order valence-electron chi connectivity index (χ4n) is 2.90. The quantitative estimate of drug-likeness (QED) is 0.758. The molecule has 0 spiro atoms. The van der Waals surface area contributed by atoms with Crippen molar-refractivity contribution >= 4 is 6.09 Å². The Hall–Kier alpha value is -2.49. The summed E-state index contributed by atoms with van der Waals surface area (Å²) < 4.78 is 10.8. The third kappa shape index (κ3) is 2.91. The van der Waals surface area contributed by atoms with Crippen LogP contribution in [0.15, 0.2) is 65.8 Å². The third-order valence-electron chi connectivity index (χ3n) is 3.91. The number of hydrogen-bond acceptors (Lipinski definition) is 3. The normalized spacial score (nSPS) is 19.0. The Morgan fingerprint density at radius 1 is 1.27 bits per heavy atom. The Morgan fingerprint density at radius 3 is 2.77 bits per heavy atom. The van der Waals surface area contributed by atoms with Gasteiger partial charge in [0.2, 0.25) is 0 Å². The van der Waals surface area contributed by atoms with Crippen LogP contribution in [0.4, 0.5) is 4.79 Å². The predicted molar refractivity (Wildman–Crippen MR) is 83.4 cm³/mol. The SMILES string of the molecule is C=CC[C@@H](c1ccco1)N1C(=O)OC[C@@H]1Cc1ccccc1. The lowest BCUT2D eigenvalue weighted by Crippen LogP contribution is -2.38. The Labute approximate surface area is 130 Å². The average molecular weight is 297 g/mol. The second-order valence-corrected chi connectivity index (χ2v) is 5.38. The molecule has 1 aromatic carbocycles. The zero-order chi connectivity index (χ0) is 15.4. The summed E-state index contributed by atoms with van der Waals surface area (Å²) in [6.07, 6.45) is 4.54. The van der Waals surface area contributed by atoms with Crippen LogP contribution in [-0.4, -0.2) is 23.6 Å². The second kappa shape index (κ2) is 6.52. The molecule has 4 heteroatoms. The first-order valence-corrected chi connectivity index (χ1v) is 7.43. The van der Waals surface area contributed by atoms with Gasteiger partial charge in [-0.1, -0.05) is 36.4 Å². The molecule has 4 nitrogen and oxygen atoms in total. The number of benzene rings is 1. The minimum atomic E-state index is -0.288. The number of rotatable bonds is 6. The van der Waals surface area contributed by atoms with E-state index in [0.29, 0.717) is 13.0 Å². The number of ether oxygens (including phenoxy) is 1. The first-order valence-electron chi connectivity index (χ1n) is 7.43. The first-order chi connectivity index (χ1) is 10.8. The monoisotopic (exact) mass is 297 g/mol. The maximum Gasteiger partial charge on any atom is 0.410 e. The Kier molecular flexibility index (Phi) is 4.28. The zero-order valence-corrected chi connectivity index (χ0v) is 12.4. The Bertz CT molecular complexity index is 621. The molecule has 1 aliphatic rings. The van der Waals surface area contributed by atoms with Gasteiger partial charge in [-0.25, -0.2) is 4.79 Å². The first kappa shape index (κ1) is 14.4. The fraction of sp³-hybridized carbons (Fsp3) is 0.278. The predicted octanol–water partition coefficient (Wildman–Crippen LogP) is 3.96. The topological polar surface area (TPSA) is 42.7 Å². The molecule has 114 valence electrons. The van der Waals surface area contributed by atoms with E-state index in [2.05, 4.69) is 18.7 Å². The van der Waals surface area contributed by atoms with E-state index in [1.165, 1.54) is 5.56 Å². The average Bonchev–Trinajstić information content (AvgIpc) is 3.17. The molecule has 0 radical (unpaired) electrons. The molecule has 2 aromatic rings. The number of nitrogens with zero attached hydrogens (tertiary/aromatic N) is 1. The lowest BCUT2D eigenvalue weighted by Gasteiger charge is -2.28. The van der Waals surface area contributed by atoms with Gasteiger partial charge in [0.15, 0.2) is 0 Å². The van der Waals surface area contributed by atoms with Gasteiger partial charge in [0.05, 0.1) is 18.3 Å². The smallest absolute Gasteiger partial charge is 0.410 e. The van der Waals surface area contributed by atoms with E-state index >= 15 is 0 Å². The zero-order valence-electron chi connectivity index (χ0n) is 12.4. The molecular weight excluding hydrogens is 278 g/mol. The number of furan rings is 1. The summed E-state index contributed by atoms with van der Waals surface area (Å²) in [4.78, 5) is 14.0. The standard InChI is InChI=1S/C18H19NO3/c1-2-7-16(17-10-6-11-21-17)19-15(13-22-18(19)20)12-14-8-4-3-5-9-14/h2-6,8-11,15-16H,1,7,12-13H2/t15-,16-/m0/s1. The molecule has 2 atom stereocenters. The molecule has 1 fully saturated rings. The number of hydrogen-bond donors (Lipinski definition) is 0. The van der Waals surface area contributed by atoms with Gasteiger partial charge in [-0.05, 0) is 30.5 Å². The van der Waals surface area contributed by atoms with Crippen LogP contribution in [-0.2, 0) is 11.2 Å². The Morgan fingerprint density at radius 2 is 2.09 bits per heavy atom. The van der Waals surface area contributed by atoms with Gasteiger partial charge in [0.1, 0.15) is 12.4 Å². The molecule has 0 saturated carbocycles. The van der Waals surface area contributed by atoms with Crippen molar-refractivity contribution in [3.63, 3.8) is 0 Å². The van der Waals surface area contributed by atoms with E-state index in [1.54, 1.807) is 17.2 Å². The molecule has 1 amide bonds. The molecule has 2 heterocycles. The summed E-state index contributed by atoms with van der Waals surface area (Å²) in [5, 5.41) is 0. The van der Waals surface area contributed by atoms with Gasteiger partial charge >= 0.3 is 6.09 Å². The van der Waals surface area contributed by atoms with Crippen molar-refractivity contribution in [3.8, 4) is 0 Å². The van der Waals surface area contributed by atoms with Crippen molar-refractivity contribution in [1.29, 1.82) is 0 Å². The molecule has 1 aliphatic heterocycles. The van der Waals surface area contributed by atoms with E-state index in [9.17, 15) is 4.79 Å². The van der Waals surface area contributed by atoms with Gasteiger partial charge in [-0.15, -0.1) is 6.58 Å². The summed E-state index contributed by atoms with van der Waals surface area (Å²) in [6.45, 7) is 4.20. The van der Waals surface area contributed by atoms with Crippen molar-refractivity contribution in [3.05, 3.63) is 72.7 Å². The third-order valence-corrected chi connectivity index (χ3v) is 3.91. The van der Waals surface area contributed by atoms with Crippen LogP contribution in [0.25, 0.3) is 0 Å². The Balaban J connectivity index is 1.84. The summed E-state index contributed by atoms with van der Waals surface area (Å²) >= 11 is 0. The van der Waals surface area contributed by atoms with Gasteiger partial charge < -0.3 is 9.15 Å². The summed E-state index contributed by atoms with van der Waals surface area (Å²) in [7, 11) is 0. The van der Waals surface area contributed by atoms with Crippen molar-refractivity contribution in [2.75, 3.05) is 6.61 Å². The van der Waals surface area contributed by atoms with Gasteiger partial charge in [0.25, 0.3) is 0 Å². The number of carbonyl (C=O) groups excluding carboxylic acids is 1. The highest BCUT2D eigenvalue weighted by Gasteiger charge is 2.39. The minimum absolute atomic E-state index is 0.00458. The van der Waals surface area contributed by atoms with Crippen LogP contribution in [0, 0.1) is 0 Å². The van der Waals surface area contributed by atoms with Crippen molar-refractivity contribution < 1.29 is 13.9 Å². The van der Waals surface area contributed by atoms with E-state index in [0.717, 1.165) is 12.2 Å². The van der Waals surface area contributed by atoms with Crippen molar-refractivity contribution in [2.45, 2.75) is 24.9 Å². The molecule has 0 aliphatic carbocycles. The molecule has 3 rings (SSSR count). The molecule has 0 N–H and O–H groups in total. The number of carbonyl (C=O) groups is 1. The maximum absolute atomic E-state index is 12.2. The van der Waals surface area contributed by atoms with Crippen LogP contribution in [0.2, 0.25) is 0 Å². The van der Waals surface area contributed by atoms with Crippen LogP contribution in [0.5, 0.6) is 0 Å². The van der Waals surface area contributed by atoms with E-state index < -0.39 is 0 Å². The van der Waals surface area contributed by atoms with Crippen LogP contribution < -0.4 is 0 Å².